The van der Waals surface area contributed by atoms with Gasteiger partial charge in [0.2, 0.25) is 0 Å². The van der Waals surface area contributed by atoms with Gasteiger partial charge in [0.25, 0.3) is 0 Å². The molecule has 0 aromatic carbocycles. The second-order valence-electron chi connectivity index (χ2n) is 4.56. The minimum atomic E-state index is -2.85. The standard InChI is InChI=1S/C11H19N3O3S/c1-17-4-3-12-6-10-7-13-14(8-10)11-2-5-18(15,16)9-11/h7-8,11-12H,2-6,9H2,1H3. The van der Waals surface area contributed by atoms with Crippen LogP contribution in [0, 0.1) is 0 Å². The lowest BCUT2D eigenvalue weighted by Crippen LogP contribution is -2.18. The molecule has 18 heavy (non-hydrogen) atoms. The fourth-order valence-electron chi connectivity index (χ4n) is 2.06. The normalized spacial score (nSPS) is 22.4. The van der Waals surface area contributed by atoms with Gasteiger partial charge in [0.05, 0.1) is 30.4 Å². The topological polar surface area (TPSA) is 73.2 Å². The van der Waals surface area contributed by atoms with Crippen LogP contribution in [-0.2, 0) is 21.1 Å². The van der Waals surface area contributed by atoms with Crippen LogP contribution < -0.4 is 5.32 Å². The third-order valence-corrected chi connectivity index (χ3v) is 4.80. The Morgan fingerprint density at radius 3 is 3.11 bits per heavy atom. The van der Waals surface area contributed by atoms with Crippen molar-refractivity contribution in [2.75, 3.05) is 31.8 Å². The predicted molar refractivity (Wildman–Crippen MR) is 68.1 cm³/mol. The molecule has 7 heteroatoms. The summed E-state index contributed by atoms with van der Waals surface area (Å²) in [5.41, 5.74) is 1.07. The van der Waals surface area contributed by atoms with Crippen molar-refractivity contribution in [1.29, 1.82) is 0 Å². The smallest absolute Gasteiger partial charge is 0.152 e. The van der Waals surface area contributed by atoms with E-state index < -0.39 is 9.84 Å². The van der Waals surface area contributed by atoms with E-state index in [0.717, 1.165) is 18.7 Å². The number of methoxy groups -OCH3 is 1. The lowest BCUT2D eigenvalue weighted by molar-refractivity contribution is 0.199. The molecule has 0 aliphatic carbocycles. The van der Waals surface area contributed by atoms with Crippen molar-refractivity contribution in [1.82, 2.24) is 15.1 Å². The first-order chi connectivity index (χ1) is 8.61. The minimum absolute atomic E-state index is 0.00252. The van der Waals surface area contributed by atoms with Crippen LogP contribution in [0.5, 0.6) is 0 Å². The Morgan fingerprint density at radius 2 is 2.44 bits per heavy atom. The molecule has 1 atom stereocenters. The van der Waals surface area contributed by atoms with E-state index in [1.54, 1.807) is 18.0 Å². The van der Waals surface area contributed by atoms with Crippen LogP contribution in [0.1, 0.15) is 18.0 Å². The summed E-state index contributed by atoms with van der Waals surface area (Å²) in [6.07, 6.45) is 4.37. The summed E-state index contributed by atoms with van der Waals surface area (Å²) in [5.74, 6) is 0.490. The summed E-state index contributed by atoms with van der Waals surface area (Å²) in [7, 11) is -1.18. The zero-order valence-electron chi connectivity index (χ0n) is 10.5. The maximum absolute atomic E-state index is 11.4. The van der Waals surface area contributed by atoms with E-state index >= 15 is 0 Å². The third-order valence-electron chi connectivity index (χ3n) is 3.05. The highest BCUT2D eigenvalue weighted by Crippen LogP contribution is 2.22. The molecule has 0 bridgehead atoms. The van der Waals surface area contributed by atoms with Gasteiger partial charge < -0.3 is 10.1 Å². The van der Waals surface area contributed by atoms with Gasteiger partial charge in [-0.2, -0.15) is 5.10 Å². The number of nitrogens with one attached hydrogen (secondary N) is 1. The summed E-state index contributed by atoms with van der Waals surface area (Å²) < 4.78 is 29.5. The number of ether oxygens (including phenoxy) is 1. The van der Waals surface area contributed by atoms with Crippen LogP contribution in [0.4, 0.5) is 0 Å². The van der Waals surface area contributed by atoms with Crippen molar-refractivity contribution in [2.24, 2.45) is 0 Å². The van der Waals surface area contributed by atoms with Gasteiger partial charge in [-0.1, -0.05) is 0 Å². The number of sulfone groups is 1. The molecule has 0 saturated carbocycles. The molecule has 0 radical (unpaired) electrons. The Kier molecular flexibility index (Phi) is 4.36. The summed E-state index contributed by atoms with van der Waals surface area (Å²) in [6, 6.07) is 0.00252. The number of aromatic nitrogens is 2. The molecular weight excluding hydrogens is 254 g/mol. The average molecular weight is 273 g/mol. The average Bonchev–Trinajstić information content (AvgIpc) is 2.91. The highest BCUT2D eigenvalue weighted by atomic mass is 32.2. The Balaban J connectivity index is 1.86. The molecule has 1 unspecified atom stereocenters. The van der Waals surface area contributed by atoms with Crippen molar-refractivity contribution >= 4 is 9.84 Å². The fraction of sp³-hybridized carbons (Fsp3) is 0.727. The zero-order valence-corrected chi connectivity index (χ0v) is 11.3. The van der Waals surface area contributed by atoms with Crippen molar-refractivity contribution < 1.29 is 13.2 Å². The Labute approximate surface area is 107 Å². The predicted octanol–water partition coefficient (Wildman–Crippen LogP) is -0.0213. The maximum Gasteiger partial charge on any atom is 0.152 e. The minimum Gasteiger partial charge on any atom is -0.383 e. The lowest BCUT2D eigenvalue weighted by atomic mass is 10.3. The summed E-state index contributed by atoms with van der Waals surface area (Å²) in [4.78, 5) is 0. The lowest BCUT2D eigenvalue weighted by Gasteiger charge is -2.07. The van der Waals surface area contributed by atoms with Crippen LogP contribution >= 0.6 is 0 Å². The quantitative estimate of drug-likeness (QED) is 0.737. The van der Waals surface area contributed by atoms with Crippen LogP contribution in [0.25, 0.3) is 0 Å². The largest absolute Gasteiger partial charge is 0.383 e. The number of nitrogens with zero attached hydrogens (tertiary/aromatic N) is 2. The van der Waals surface area contributed by atoms with Gasteiger partial charge in [0, 0.05) is 32.0 Å². The van der Waals surface area contributed by atoms with Crippen LogP contribution in [0.3, 0.4) is 0 Å². The van der Waals surface area contributed by atoms with E-state index in [1.807, 2.05) is 6.20 Å². The van der Waals surface area contributed by atoms with E-state index in [4.69, 9.17) is 4.74 Å². The molecule has 102 valence electrons. The van der Waals surface area contributed by atoms with Gasteiger partial charge in [0.15, 0.2) is 9.84 Å². The van der Waals surface area contributed by atoms with Crippen molar-refractivity contribution in [2.45, 2.75) is 19.0 Å². The first-order valence-electron chi connectivity index (χ1n) is 6.04. The van der Waals surface area contributed by atoms with E-state index in [0.29, 0.717) is 13.0 Å². The molecule has 1 aromatic rings. The monoisotopic (exact) mass is 273 g/mol. The Morgan fingerprint density at radius 1 is 1.61 bits per heavy atom. The molecular formula is C11H19N3O3S. The van der Waals surface area contributed by atoms with Gasteiger partial charge in [-0.25, -0.2) is 8.42 Å². The second kappa shape index (κ2) is 5.81. The van der Waals surface area contributed by atoms with E-state index in [2.05, 4.69) is 10.4 Å². The van der Waals surface area contributed by atoms with Gasteiger partial charge in [-0.15, -0.1) is 0 Å². The van der Waals surface area contributed by atoms with E-state index in [-0.39, 0.29) is 17.5 Å². The highest BCUT2D eigenvalue weighted by Gasteiger charge is 2.29. The number of hydrogen-bond acceptors (Lipinski definition) is 5. The second-order valence-corrected chi connectivity index (χ2v) is 6.78. The molecule has 1 aliphatic heterocycles. The molecule has 1 N–H and O–H groups in total. The summed E-state index contributed by atoms with van der Waals surface area (Å²) in [5, 5.41) is 7.47. The molecule has 2 rings (SSSR count). The first-order valence-corrected chi connectivity index (χ1v) is 7.86. The molecule has 0 amide bonds. The maximum atomic E-state index is 11.4. The van der Waals surface area contributed by atoms with Gasteiger partial charge in [0.1, 0.15) is 0 Å². The molecule has 1 fully saturated rings. The van der Waals surface area contributed by atoms with Gasteiger partial charge in [-0.05, 0) is 6.42 Å². The van der Waals surface area contributed by atoms with Crippen molar-refractivity contribution in [3.05, 3.63) is 18.0 Å². The number of rotatable bonds is 6. The summed E-state index contributed by atoms with van der Waals surface area (Å²) >= 11 is 0. The van der Waals surface area contributed by atoms with Crippen molar-refractivity contribution in [3.63, 3.8) is 0 Å². The Bertz CT molecular complexity index is 483. The first kappa shape index (κ1) is 13.5. The SMILES string of the molecule is COCCNCc1cnn(C2CCS(=O)(=O)C2)c1. The van der Waals surface area contributed by atoms with Crippen LogP contribution in [0.15, 0.2) is 12.4 Å². The van der Waals surface area contributed by atoms with Crippen molar-refractivity contribution in [3.8, 4) is 0 Å². The van der Waals surface area contributed by atoms with E-state index in [9.17, 15) is 8.42 Å². The molecule has 1 aliphatic rings. The molecule has 2 heterocycles. The molecule has 1 aromatic heterocycles. The molecule has 0 spiro atoms. The summed E-state index contributed by atoms with van der Waals surface area (Å²) in [6.45, 7) is 2.19. The van der Waals surface area contributed by atoms with E-state index in [1.165, 1.54) is 0 Å². The van der Waals surface area contributed by atoms with Gasteiger partial charge >= 0.3 is 0 Å². The fourth-order valence-corrected chi connectivity index (χ4v) is 3.76. The van der Waals surface area contributed by atoms with Gasteiger partial charge in [-0.3, -0.25) is 4.68 Å². The Hall–Kier alpha value is -0.920. The zero-order chi connectivity index (χ0) is 13.0. The highest BCUT2D eigenvalue weighted by molar-refractivity contribution is 7.91. The number of hydrogen-bond donors (Lipinski definition) is 1. The van der Waals surface area contributed by atoms with Crippen LogP contribution in [-0.4, -0.2) is 50.0 Å². The third kappa shape index (κ3) is 3.54. The molecule has 6 nitrogen and oxygen atoms in total. The molecule has 1 saturated heterocycles. The van der Waals surface area contributed by atoms with Crippen LogP contribution in [0.2, 0.25) is 0 Å².